The number of amides is 1. The fraction of sp³-hybridized carbons (Fsp3) is 0.154. The van der Waals surface area contributed by atoms with Crippen LogP contribution in [0.5, 0.6) is 0 Å². The largest absolute Gasteiger partial charge is 0.333 e. The van der Waals surface area contributed by atoms with Crippen molar-refractivity contribution in [3.05, 3.63) is 35.3 Å². The molecule has 0 saturated heterocycles. The summed E-state index contributed by atoms with van der Waals surface area (Å²) in [6.45, 7) is 2.04. The Morgan fingerprint density at radius 1 is 1.50 bits per heavy atom. The number of aromatic nitrogens is 3. The van der Waals surface area contributed by atoms with Gasteiger partial charge in [0.25, 0.3) is 0 Å². The monoisotopic (exact) mass is 304 g/mol. The Kier molecular flexibility index (Phi) is 3.70. The molecular formula is C13H12N4OS2. The maximum Gasteiger partial charge on any atom is 0.236 e. The van der Waals surface area contributed by atoms with Crippen LogP contribution in [0.4, 0.5) is 5.13 Å². The van der Waals surface area contributed by atoms with E-state index in [9.17, 15) is 4.79 Å². The highest BCUT2D eigenvalue weighted by Gasteiger charge is 2.08. The number of thiazole rings is 1. The van der Waals surface area contributed by atoms with Gasteiger partial charge in [-0.2, -0.15) is 0 Å². The number of nitrogens with one attached hydrogen (secondary N) is 2. The second-order valence-electron chi connectivity index (χ2n) is 4.24. The van der Waals surface area contributed by atoms with Gasteiger partial charge in [0.05, 0.1) is 16.8 Å². The molecule has 2 aromatic heterocycles. The number of benzene rings is 1. The molecule has 0 unspecified atom stereocenters. The lowest BCUT2D eigenvalue weighted by Crippen LogP contribution is -2.13. The average molecular weight is 304 g/mol. The van der Waals surface area contributed by atoms with E-state index in [2.05, 4.69) is 20.3 Å². The van der Waals surface area contributed by atoms with Crippen molar-refractivity contribution < 1.29 is 4.79 Å². The van der Waals surface area contributed by atoms with Crippen molar-refractivity contribution in [2.45, 2.75) is 12.1 Å². The first-order chi connectivity index (χ1) is 9.70. The number of aryl methyl sites for hydroxylation is 1. The first-order valence-electron chi connectivity index (χ1n) is 5.99. The molecule has 0 bridgehead atoms. The number of carbonyl (C=O) groups is 1. The molecule has 0 saturated carbocycles. The van der Waals surface area contributed by atoms with Gasteiger partial charge in [-0.1, -0.05) is 17.8 Å². The smallest absolute Gasteiger partial charge is 0.236 e. The van der Waals surface area contributed by atoms with Gasteiger partial charge in [0, 0.05) is 11.6 Å². The summed E-state index contributed by atoms with van der Waals surface area (Å²) in [6, 6.07) is 6.04. The van der Waals surface area contributed by atoms with Gasteiger partial charge in [0.1, 0.15) is 0 Å². The number of anilines is 1. The van der Waals surface area contributed by atoms with E-state index >= 15 is 0 Å². The third-order valence-corrected chi connectivity index (χ3v) is 4.20. The number of imidazole rings is 1. The summed E-state index contributed by atoms with van der Waals surface area (Å²) < 4.78 is 0. The van der Waals surface area contributed by atoms with E-state index in [-0.39, 0.29) is 5.91 Å². The minimum Gasteiger partial charge on any atom is -0.333 e. The van der Waals surface area contributed by atoms with Crippen LogP contribution in [0.2, 0.25) is 0 Å². The summed E-state index contributed by atoms with van der Waals surface area (Å²) in [6.07, 6.45) is 1.66. The first kappa shape index (κ1) is 13.1. The number of hydrogen-bond donors (Lipinski definition) is 2. The Morgan fingerprint density at radius 2 is 2.40 bits per heavy atom. The highest BCUT2D eigenvalue weighted by molar-refractivity contribution is 7.99. The maximum absolute atomic E-state index is 11.7. The molecule has 0 aliphatic rings. The summed E-state index contributed by atoms with van der Waals surface area (Å²) in [5, 5.41) is 5.94. The lowest BCUT2D eigenvalue weighted by Gasteiger charge is -1.99. The molecule has 5 nitrogen and oxygen atoms in total. The lowest BCUT2D eigenvalue weighted by atomic mass is 10.2. The van der Waals surface area contributed by atoms with Crippen LogP contribution < -0.4 is 5.32 Å². The van der Waals surface area contributed by atoms with E-state index in [1.54, 1.807) is 6.20 Å². The molecule has 2 N–H and O–H groups in total. The van der Waals surface area contributed by atoms with E-state index in [0.717, 1.165) is 16.2 Å². The molecule has 20 heavy (non-hydrogen) atoms. The number of thioether (sulfide) groups is 1. The van der Waals surface area contributed by atoms with Gasteiger partial charge in [0.2, 0.25) is 5.91 Å². The average Bonchev–Trinajstić information content (AvgIpc) is 3.04. The van der Waals surface area contributed by atoms with E-state index in [1.165, 1.54) is 28.7 Å². The summed E-state index contributed by atoms with van der Waals surface area (Å²) in [4.78, 5) is 23.4. The standard InChI is InChI=1S/C13H12N4OS2/c1-8-2-3-9-10(6-8)16-13(15-9)20-7-11(18)17-12-14-4-5-19-12/h2-6H,7H2,1H3,(H,15,16)(H,14,17,18). The van der Waals surface area contributed by atoms with Crippen LogP contribution in [-0.4, -0.2) is 26.6 Å². The van der Waals surface area contributed by atoms with E-state index in [0.29, 0.717) is 10.9 Å². The molecule has 0 aliphatic heterocycles. The van der Waals surface area contributed by atoms with Crippen LogP contribution in [0.3, 0.4) is 0 Å². The van der Waals surface area contributed by atoms with Crippen molar-refractivity contribution >= 4 is 45.2 Å². The normalized spacial score (nSPS) is 10.8. The van der Waals surface area contributed by atoms with Crippen LogP contribution in [-0.2, 0) is 4.79 Å². The quantitative estimate of drug-likeness (QED) is 0.727. The summed E-state index contributed by atoms with van der Waals surface area (Å²) in [5.41, 5.74) is 3.09. The van der Waals surface area contributed by atoms with Crippen molar-refractivity contribution in [3.63, 3.8) is 0 Å². The minimum absolute atomic E-state index is 0.0819. The van der Waals surface area contributed by atoms with Crippen LogP contribution >= 0.6 is 23.1 Å². The van der Waals surface area contributed by atoms with Crippen molar-refractivity contribution in [2.75, 3.05) is 11.1 Å². The molecule has 0 radical (unpaired) electrons. The number of nitrogens with zero attached hydrogens (tertiary/aromatic N) is 2. The maximum atomic E-state index is 11.7. The molecule has 102 valence electrons. The molecule has 0 aliphatic carbocycles. The molecule has 2 heterocycles. The number of H-pyrrole nitrogens is 1. The molecule has 1 amide bonds. The topological polar surface area (TPSA) is 70.7 Å². The lowest BCUT2D eigenvalue weighted by molar-refractivity contribution is -0.113. The Morgan fingerprint density at radius 3 is 3.20 bits per heavy atom. The zero-order chi connectivity index (χ0) is 13.9. The van der Waals surface area contributed by atoms with Gasteiger partial charge in [-0.15, -0.1) is 11.3 Å². The van der Waals surface area contributed by atoms with Crippen LogP contribution in [0.15, 0.2) is 34.9 Å². The van der Waals surface area contributed by atoms with Crippen LogP contribution in [0, 0.1) is 6.92 Å². The summed E-state index contributed by atoms with van der Waals surface area (Å²) >= 11 is 2.78. The van der Waals surface area contributed by atoms with Gasteiger partial charge in [-0.05, 0) is 24.6 Å². The SMILES string of the molecule is Cc1ccc2nc(SCC(=O)Nc3nccs3)[nH]c2c1. The number of aromatic amines is 1. The van der Waals surface area contributed by atoms with Crippen molar-refractivity contribution in [3.8, 4) is 0 Å². The molecule has 0 fully saturated rings. The van der Waals surface area contributed by atoms with Crippen molar-refractivity contribution in [2.24, 2.45) is 0 Å². The van der Waals surface area contributed by atoms with Gasteiger partial charge in [-0.25, -0.2) is 9.97 Å². The zero-order valence-corrected chi connectivity index (χ0v) is 12.3. The zero-order valence-electron chi connectivity index (χ0n) is 10.7. The Hall–Kier alpha value is -1.86. The van der Waals surface area contributed by atoms with Crippen LogP contribution in [0.25, 0.3) is 11.0 Å². The second kappa shape index (κ2) is 5.64. The van der Waals surface area contributed by atoms with Gasteiger partial charge in [0.15, 0.2) is 10.3 Å². The molecule has 0 spiro atoms. The molecule has 1 aromatic carbocycles. The first-order valence-corrected chi connectivity index (χ1v) is 7.86. The highest BCUT2D eigenvalue weighted by Crippen LogP contribution is 2.20. The van der Waals surface area contributed by atoms with Crippen molar-refractivity contribution in [1.82, 2.24) is 15.0 Å². The van der Waals surface area contributed by atoms with Gasteiger partial charge >= 0.3 is 0 Å². The molecule has 3 aromatic rings. The number of rotatable bonds is 4. The summed E-state index contributed by atoms with van der Waals surface area (Å²) in [5.74, 6) is 0.222. The Balaban J connectivity index is 1.63. The third-order valence-electron chi connectivity index (χ3n) is 2.63. The highest BCUT2D eigenvalue weighted by atomic mass is 32.2. The third kappa shape index (κ3) is 3.00. The van der Waals surface area contributed by atoms with Gasteiger partial charge < -0.3 is 10.3 Å². The van der Waals surface area contributed by atoms with E-state index in [1.807, 2.05) is 30.5 Å². The van der Waals surface area contributed by atoms with Crippen molar-refractivity contribution in [1.29, 1.82) is 0 Å². The molecule has 7 heteroatoms. The molecule has 3 rings (SSSR count). The number of fused-ring (bicyclic) bond motifs is 1. The van der Waals surface area contributed by atoms with E-state index < -0.39 is 0 Å². The fourth-order valence-corrected chi connectivity index (χ4v) is 2.97. The minimum atomic E-state index is -0.0819. The Bertz CT molecular complexity index is 736. The predicted octanol–water partition coefficient (Wildman–Crippen LogP) is 3.06. The Labute approximate surface area is 123 Å². The number of hydrogen-bond acceptors (Lipinski definition) is 5. The van der Waals surface area contributed by atoms with E-state index in [4.69, 9.17) is 0 Å². The fourth-order valence-electron chi connectivity index (χ4n) is 1.74. The number of carbonyl (C=O) groups excluding carboxylic acids is 1. The second-order valence-corrected chi connectivity index (χ2v) is 6.10. The predicted molar refractivity (Wildman–Crippen MR) is 82.3 cm³/mol. The molecular weight excluding hydrogens is 292 g/mol. The van der Waals surface area contributed by atoms with Gasteiger partial charge in [-0.3, -0.25) is 4.79 Å². The summed E-state index contributed by atoms with van der Waals surface area (Å²) in [7, 11) is 0. The molecule has 0 atom stereocenters. The van der Waals surface area contributed by atoms with Crippen LogP contribution in [0.1, 0.15) is 5.56 Å².